The monoisotopic (exact) mass is 312 g/mol. The molecule has 0 aromatic heterocycles. The van der Waals surface area contributed by atoms with Crippen molar-refractivity contribution in [2.24, 2.45) is 5.73 Å². The van der Waals surface area contributed by atoms with E-state index in [4.69, 9.17) is 26.8 Å². The molecular weight excluding hydrogens is 292 g/mol. The molecule has 0 bridgehead atoms. The zero-order chi connectivity index (χ0) is 15.2. The molecule has 1 heterocycles. The molecule has 1 aromatic rings. The lowest BCUT2D eigenvalue weighted by atomic mass is 10.1. The molecule has 3 N–H and O–H groups in total. The molecule has 1 amide bonds. The van der Waals surface area contributed by atoms with Crippen LogP contribution in [-0.4, -0.2) is 31.8 Å². The van der Waals surface area contributed by atoms with E-state index in [9.17, 15) is 4.79 Å². The molecule has 1 aliphatic heterocycles. The first-order chi connectivity index (χ1) is 10.1. The van der Waals surface area contributed by atoms with Crippen molar-refractivity contribution in [3.63, 3.8) is 0 Å². The SMILES string of the molecule is CC(N)c1cc(Cl)ccc1OCC(=O)NC1CCOCC1. The second-order valence-corrected chi connectivity index (χ2v) is 5.65. The average Bonchev–Trinajstić information content (AvgIpc) is 2.47. The minimum Gasteiger partial charge on any atom is -0.483 e. The van der Waals surface area contributed by atoms with Gasteiger partial charge in [0.1, 0.15) is 5.75 Å². The molecule has 0 spiro atoms. The van der Waals surface area contributed by atoms with Gasteiger partial charge in [0.2, 0.25) is 0 Å². The highest BCUT2D eigenvalue weighted by Gasteiger charge is 2.17. The highest BCUT2D eigenvalue weighted by molar-refractivity contribution is 6.30. The number of nitrogens with one attached hydrogen (secondary N) is 1. The van der Waals surface area contributed by atoms with Gasteiger partial charge in [0.05, 0.1) is 0 Å². The van der Waals surface area contributed by atoms with Gasteiger partial charge in [0, 0.05) is 35.9 Å². The van der Waals surface area contributed by atoms with Crippen LogP contribution in [0, 0.1) is 0 Å². The lowest BCUT2D eigenvalue weighted by molar-refractivity contribution is -0.124. The highest BCUT2D eigenvalue weighted by Crippen LogP contribution is 2.27. The minimum absolute atomic E-state index is 0.0291. The summed E-state index contributed by atoms with van der Waals surface area (Å²) in [6.45, 7) is 3.20. The number of halogens is 1. The topological polar surface area (TPSA) is 73.6 Å². The van der Waals surface area contributed by atoms with Gasteiger partial charge in [0.15, 0.2) is 6.61 Å². The average molecular weight is 313 g/mol. The van der Waals surface area contributed by atoms with E-state index in [1.165, 1.54) is 0 Å². The Hall–Kier alpha value is -1.30. The maximum absolute atomic E-state index is 11.9. The molecule has 1 saturated heterocycles. The van der Waals surface area contributed by atoms with E-state index in [1.807, 2.05) is 6.92 Å². The van der Waals surface area contributed by atoms with Crippen LogP contribution in [0.4, 0.5) is 0 Å². The van der Waals surface area contributed by atoms with Crippen LogP contribution in [0.1, 0.15) is 31.4 Å². The lowest BCUT2D eigenvalue weighted by Gasteiger charge is -2.23. The number of benzene rings is 1. The van der Waals surface area contributed by atoms with Crippen LogP contribution in [0.5, 0.6) is 5.75 Å². The van der Waals surface area contributed by atoms with Gasteiger partial charge in [-0.25, -0.2) is 0 Å². The number of carbonyl (C=O) groups excluding carboxylic acids is 1. The van der Waals surface area contributed by atoms with E-state index < -0.39 is 0 Å². The standard InChI is InChI=1S/C15H21ClN2O3/c1-10(17)13-8-11(16)2-3-14(13)21-9-15(19)18-12-4-6-20-7-5-12/h2-3,8,10,12H,4-7,9,17H2,1H3,(H,18,19). The third-order valence-electron chi connectivity index (χ3n) is 3.41. The number of carbonyl (C=O) groups is 1. The van der Waals surface area contributed by atoms with Crippen LogP contribution >= 0.6 is 11.6 Å². The van der Waals surface area contributed by atoms with Gasteiger partial charge in [0.25, 0.3) is 5.91 Å². The Kier molecular flexibility index (Phi) is 5.85. The van der Waals surface area contributed by atoms with Crippen molar-refractivity contribution in [2.45, 2.75) is 31.8 Å². The number of rotatable bonds is 5. The smallest absolute Gasteiger partial charge is 0.258 e. The van der Waals surface area contributed by atoms with E-state index in [0.717, 1.165) is 18.4 Å². The second kappa shape index (κ2) is 7.64. The molecule has 1 atom stereocenters. The normalized spacial score (nSPS) is 17.3. The maximum Gasteiger partial charge on any atom is 0.258 e. The number of ether oxygens (including phenoxy) is 2. The zero-order valence-corrected chi connectivity index (χ0v) is 12.9. The summed E-state index contributed by atoms with van der Waals surface area (Å²) in [5.74, 6) is 0.462. The molecule has 0 saturated carbocycles. The molecule has 0 radical (unpaired) electrons. The second-order valence-electron chi connectivity index (χ2n) is 5.21. The Labute approximate surface area is 129 Å². The summed E-state index contributed by atoms with van der Waals surface area (Å²) >= 11 is 5.95. The van der Waals surface area contributed by atoms with Crippen molar-refractivity contribution in [1.82, 2.24) is 5.32 Å². The molecule has 2 rings (SSSR count). The van der Waals surface area contributed by atoms with Gasteiger partial charge in [-0.3, -0.25) is 4.79 Å². The van der Waals surface area contributed by atoms with E-state index >= 15 is 0 Å². The predicted octanol–water partition coefficient (Wildman–Crippen LogP) is 2.03. The molecule has 0 aliphatic carbocycles. The van der Waals surface area contributed by atoms with Crippen molar-refractivity contribution in [3.05, 3.63) is 28.8 Å². The van der Waals surface area contributed by atoms with Crippen molar-refractivity contribution >= 4 is 17.5 Å². The Morgan fingerprint density at radius 1 is 1.52 bits per heavy atom. The molecule has 116 valence electrons. The van der Waals surface area contributed by atoms with Gasteiger partial charge in [-0.2, -0.15) is 0 Å². The van der Waals surface area contributed by atoms with Gasteiger partial charge in [-0.1, -0.05) is 11.6 Å². The van der Waals surface area contributed by atoms with Crippen molar-refractivity contribution in [3.8, 4) is 5.75 Å². The Morgan fingerprint density at radius 2 is 2.24 bits per heavy atom. The van der Waals surface area contributed by atoms with Crippen LogP contribution < -0.4 is 15.8 Å². The van der Waals surface area contributed by atoms with Crippen molar-refractivity contribution in [2.75, 3.05) is 19.8 Å². The molecule has 21 heavy (non-hydrogen) atoms. The first-order valence-electron chi connectivity index (χ1n) is 7.11. The molecule has 5 nitrogen and oxygen atoms in total. The summed E-state index contributed by atoms with van der Waals surface area (Å²) in [5.41, 5.74) is 6.68. The van der Waals surface area contributed by atoms with Crippen LogP contribution in [0.15, 0.2) is 18.2 Å². The highest BCUT2D eigenvalue weighted by atomic mass is 35.5. The fourth-order valence-corrected chi connectivity index (χ4v) is 2.44. The van der Waals surface area contributed by atoms with E-state index in [-0.39, 0.29) is 24.6 Å². The fourth-order valence-electron chi connectivity index (χ4n) is 2.26. The summed E-state index contributed by atoms with van der Waals surface area (Å²) in [6.07, 6.45) is 1.69. The van der Waals surface area contributed by atoms with Gasteiger partial charge in [-0.05, 0) is 38.0 Å². The van der Waals surface area contributed by atoms with Crippen molar-refractivity contribution < 1.29 is 14.3 Å². The number of hydrogen-bond donors (Lipinski definition) is 2. The molecule has 1 fully saturated rings. The summed E-state index contributed by atoms with van der Waals surface area (Å²) in [5, 5.41) is 3.55. The van der Waals surface area contributed by atoms with E-state index in [1.54, 1.807) is 18.2 Å². The quantitative estimate of drug-likeness (QED) is 0.872. The minimum atomic E-state index is -0.211. The Morgan fingerprint density at radius 3 is 2.90 bits per heavy atom. The summed E-state index contributed by atoms with van der Waals surface area (Å²) in [4.78, 5) is 11.9. The van der Waals surface area contributed by atoms with Crippen LogP contribution in [0.2, 0.25) is 5.02 Å². The molecule has 1 aromatic carbocycles. The van der Waals surface area contributed by atoms with Gasteiger partial charge < -0.3 is 20.5 Å². The van der Waals surface area contributed by atoms with Gasteiger partial charge >= 0.3 is 0 Å². The Balaban J connectivity index is 1.88. The summed E-state index contributed by atoms with van der Waals surface area (Å²) < 4.78 is 10.8. The zero-order valence-electron chi connectivity index (χ0n) is 12.1. The number of hydrogen-bond acceptors (Lipinski definition) is 4. The maximum atomic E-state index is 11.9. The molecule has 6 heteroatoms. The molecule has 1 unspecified atom stereocenters. The fraction of sp³-hybridized carbons (Fsp3) is 0.533. The van der Waals surface area contributed by atoms with Crippen LogP contribution in [0.3, 0.4) is 0 Å². The van der Waals surface area contributed by atoms with E-state index in [0.29, 0.717) is 24.0 Å². The lowest BCUT2D eigenvalue weighted by Crippen LogP contribution is -2.41. The summed E-state index contributed by atoms with van der Waals surface area (Å²) in [7, 11) is 0. The first kappa shape index (κ1) is 16.1. The largest absolute Gasteiger partial charge is 0.483 e. The van der Waals surface area contributed by atoms with Crippen LogP contribution in [0.25, 0.3) is 0 Å². The predicted molar refractivity (Wildman–Crippen MR) is 81.5 cm³/mol. The van der Waals surface area contributed by atoms with Crippen molar-refractivity contribution in [1.29, 1.82) is 0 Å². The molecular formula is C15H21ClN2O3. The molecule has 1 aliphatic rings. The third-order valence-corrected chi connectivity index (χ3v) is 3.64. The first-order valence-corrected chi connectivity index (χ1v) is 7.49. The summed E-state index contributed by atoms with van der Waals surface area (Å²) in [6, 6.07) is 5.19. The van der Waals surface area contributed by atoms with Crippen LogP contribution in [-0.2, 0) is 9.53 Å². The Bertz CT molecular complexity index is 488. The third kappa shape index (κ3) is 4.88. The number of nitrogens with two attached hydrogens (primary N) is 1. The van der Waals surface area contributed by atoms with E-state index in [2.05, 4.69) is 5.32 Å². The van der Waals surface area contributed by atoms with Gasteiger partial charge in [-0.15, -0.1) is 0 Å². The number of amides is 1.